The first-order chi connectivity index (χ1) is 13.4. The average molecular weight is 390 g/mol. The zero-order valence-electron chi connectivity index (χ0n) is 17.1. The molecule has 0 unspecified atom stereocenters. The van der Waals surface area contributed by atoms with Crippen molar-refractivity contribution < 1.29 is 28.7 Å². The second-order valence-electron chi connectivity index (χ2n) is 9.07. The molecule has 28 heavy (non-hydrogen) atoms. The highest BCUT2D eigenvalue weighted by Gasteiger charge is 2.69. The Labute approximate surface area is 166 Å². The van der Waals surface area contributed by atoms with Crippen LogP contribution in [-0.4, -0.2) is 31.1 Å². The van der Waals surface area contributed by atoms with E-state index in [0.717, 1.165) is 30.8 Å². The van der Waals surface area contributed by atoms with E-state index in [2.05, 4.69) is 13.8 Å². The van der Waals surface area contributed by atoms with Gasteiger partial charge in [0.15, 0.2) is 11.9 Å². The summed E-state index contributed by atoms with van der Waals surface area (Å²) in [6, 6.07) is 7.60. The zero-order valence-corrected chi connectivity index (χ0v) is 17.1. The topological polar surface area (TPSA) is 55.4 Å². The van der Waals surface area contributed by atoms with Gasteiger partial charge in [-0.05, 0) is 62.3 Å². The highest BCUT2D eigenvalue weighted by atomic mass is 17.3. The van der Waals surface area contributed by atoms with Crippen LogP contribution < -0.4 is 9.47 Å². The van der Waals surface area contributed by atoms with Gasteiger partial charge in [-0.3, -0.25) is 0 Å². The molecular formula is C22H30O6. The van der Waals surface area contributed by atoms with Crippen LogP contribution in [0, 0.1) is 23.7 Å². The molecule has 4 saturated heterocycles. The van der Waals surface area contributed by atoms with E-state index >= 15 is 0 Å². The van der Waals surface area contributed by atoms with Crippen molar-refractivity contribution in [3.63, 3.8) is 0 Å². The van der Waals surface area contributed by atoms with Crippen LogP contribution >= 0.6 is 0 Å². The van der Waals surface area contributed by atoms with Gasteiger partial charge >= 0.3 is 0 Å². The van der Waals surface area contributed by atoms with Gasteiger partial charge in [-0.1, -0.05) is 13.8 Å². The average Bonchev–Trinajstić information content (AvgIpc) is 2.92. The first kappa shape index (κ1) is 18.7. The van der Waals surface area contributed by atoms with Crippen LogP contribution in [0.3, 0.4) is 0 Å². The standard InChI is InChI=1S/C22H30O6/c1-13-5-10-18-14(2)19(24-16-8-6-15(23-4)7-9-16)25-20-22(18)17(13)11-12-21(3,26-20)27-28-22/h6-9,13-14,17-20H,5,10-12H2,1-4H3/t13-,14-,17+,18+,19-,20-,21+,22-/m1/s1. The molecule has 5 aliphatic rings. The molecule has 0 N–H and O–H groups in total. The largest absolute Gasteiger partial charge is 0.497 e. The summed E-state index contributed by atoms with van der Waals surface area (Å²) < 4.78 is 24.3. The van der Waals surface area contributed by atoms with Gasteiger partial charge in [0.05, 0.1) is 7.11 Å². The van der Waals surface area contributed by atoms with E-state index in [0.29, 0.717) is 11.8 Å². The fraction of sp³-hybridized carbons (Fsp3) is 0.727. The molecular weight excluding hydrogens is 360 g/mol. The van der Waals surface area contributed by atoms with E-state index in [1.807, 2.05) is 31.2 Å². The number of methoxy groups -OCH3 is 1. The maximum Gasteiger partial charge on any atom is 0.205 e. The van der Waals surface area contributed by atoms with Crippen LogP contribution in [-0.2, 0) is 19.2 Å². The third kappa shape index (κ3) is 2.69. The maximum absolute atomic E-state index is 6.44. The fourth-order valence-corrected chi connectivity index (χ4v) is 5.80. The Morgan fingerprint density at radius 1 is 0.964 bits per heavy atom. The quantitative estimate of drug-likeness (QED) is 0.718. The first-order valence-electron chi connectivity index (χ1n) is 10.5. The van der Waals surface area contributed by atoms with Crippen LogP contribution in [0.2, 0.25) is 0 Å². The molecule has 4 heterocycles. The lowest BCUT2D eigenvalue weighted by Crippen LogP contribution is -2.70. The Balaban J connectivity index is 1.46. The molecule has 0 aromatic heterocycles. The first-order valence-corrected chi connectivity index (χ1v) is 10.5. The molecule has 1 saturated carbocycles. The summed E-state index contributed by atoms with van der Waals surface area (Å²) in [7, 11) is 1.66. The van der Waals surface area contributed by atoms with Gasteiger partial charge in [0, 0.05) is 18.3 Å². The summed E-state index contributed by atoms with van der Waals surface area (Å²) >= 11 is 0. The molecule has 1 aliphatic carbocycles. The number of fused-ring (bicyclic) bond motifs is 2. The number of hydrogen-bond acceptors (Lipinski definition) is 6. The fourth-order valence-electron chi connectivity index (χ4n) is 5.80. The summed E-state index contributed by atoms with van der Waals surface area (Å²) in [5.74, 6) is 2.14. The van der Waals surface area contributed by atoms with E-state index in [9.17, 15) is 0 Å². The number of rotatable bonds is 3. The van der Waals surface area contributed by atoms with Gasteiger partial charge < -0.3 is 18.9 Å². The molecule has 6 heteroatoms. The van der Waals surface area contributed by atoms with Crippen LogP contribution in [0.4, 0.5) is 0 Å². The maximum atomic E-state index is 6.44. The summed E-state index contributed by atoms with van der Waals surface area (Å²) in [4.78, 5) is 12.0. The second kappa shape index (κ2) is 6.59. The smallest absolute Gasteiger partial charge is 0.205 e. The van der Waals surface area contributed by atoms with E-state index in [1.165, 1.54) is 6.42 Å². The van der Waals surface area contributed by atoms with E-state index in [-0.39, 0.29) is 11.8 Å². The summed E-state index contributed by atoms with van der Waals surface area (Å²) in [5, 5.41) is 0. The van der Waals surface area contributed by atoms with Crippen molar-refractivity contribution in [1.29, 1.82) is 0 Å². The van der Waals surface area contributed by atoms with Crippen molar-refractivity contribution in [1.82, 2.24) is 0 Å². The van der Waals surface area contributed by atoms with Gasteiger partial charge in [-0.25, -0.2) is 9.78 Å². The third-order valence-electron chi connectivity index (χ3n) is 7.41. The lowest BCUT2D eigenvalue weighted by atomic mass is 9.58. The Bertz CT molecular complexity index is 722. The predicted molar refractivity (Wildman–Crippen MR) is 100 cm³/mol. The Morgan fingerprint density at radius 2 is 1.71 bits per heavy atom. The van der Waals surface area contributed by atoms with Crippen LogP contribution in [0.5, 0.6) is 11.5 Å². The number of hydrogen-bond donors (Lipinski definition) is 0. The van der Waals surface area contributed by atoms with E-state index in [1.54, 1.807) is 7.11 Å². The van der Waals surface area contributed by atoms with E-state index in [4.69, 9.17) is 28.7 Å². The minimum atomic E-state index is -0.761. The molecule has 1 aromatic carbocycles. The highest BCUT2D eigenvalue weighted by molar-refractivity contribution is 5.31. The van der Waals surface area contributed by atoms with Crippen molar-refractivity contribution in [3.05, 3.63) is 24.3 Å². The molecule has 0 radical (unpaired) electrons. The van der Waals surface area contributed by atoms with Crippen LogP contribution in [0.15, 0.2) is 24.3 Å². The SMILES string of the molecule is COc1ccc(O[C@@H]2O[C@@H]3O[C@]4(C)CC[C@H]5[C@H](C)CC[C@@H]([C@H]2C)[C@@]35OO4)cc1. The summed E-state index contributed by atoms with van der Waals surface area (Å²) in [5.41, 5.74) is -0.549. The van der Waals surface area contributed by atoms with Crippen LogP contribution in [0.25, 0.3) is 0 Å². The molecule has 1 spiro atoms. The minimum Gasteiger partial charge on any atom is -0.497 e. The lowest BCUT2D eigenvalue weighted by molar-refractivity contribution is -0.575. The molecule has 8 atom stereocenters. The van der Waals surface area contributed by atoms with Gasteiger partial charge in [0.2, 0.25) is 12.1 Å². The van der Waals surface area contributed by atoms with Crippen molar-refractivity contribution in [3.8, 4) is 11.5 Å². The molecule has 154 valence electrons. The molecule has 1 aromatic rings. The number of ether oxygens (including phenoxy) is 4. The molecule has 2 bridgehead atoms. The lowest BCUT2D eigenvalue weighted by Gasteiger charge is -2.60. The Hall–Kier alpha value is -1.34. The molecule has 4 aliphatic heterocycles. The molecule has 6 rings (SSSR count). The minimum absolute atomic E-state index is 0.156. The normalized spacial score (nSPS) is 47.1. The van der Waals surface area contributed by atoms with Crippen molar-refractivity contribution >= 4 is 0 Å². The van der Waals surface area contributed by atoms with Crippen LogP contribution in [0.1, 0.15) is 46.5 Å². The third-order valence-corrected chi connectivity index (χ3v) is 7.41. The van der Waals surface area contributed by atoms with E-state index < -0.39 is 24.0 Å². The monoisotopic (exact) mass is 390 g/mol. The highest BCUT2D eigenvalue weighted by Crippen LogP contribution is 2.60. The van der Waals surface area contributed by atoms with Crippen molar-refractivity contribution in [2.75, 3.05) is 7.11 Å². The molecule has 5 fully saturated rings. The van der Waals surface area contributed by atoms with Crippen molar-refractivity contribution in [2.24, 2.45) is 23.7 Å². The van der Waals surface area contributed by atoms with Gasteiger partial charge in [-0.15, -0.1) is 0 Å². The predicted octanol–water partition coefficient (Wildman–Crippen LogP) is 4.28. The summed E-state index contributed by atoms with van der Waals surface area (Å²) in [6.45, 7) is 6.46. The van der Waals surface area contributed by atoms with Gasteiger partial charge in [0.1, 0.15) is 11.5 Å². The summed E-state index contributed by atoms with van der Waals surface area (Å²) in [6.07, 6.45) is 3.22. The van der Waals surface area contributed by atoms with Crippen molar-refractivity contribution in [2.45, 2.75) is 70.4 Å². The Morgan fingerprint density at radius 3 is 2.46 bits per heavy atom. The van der Waals surface area contributed by atoms with Gasteiger partial charge in [0.25, 0.3) is 0 Å². The van der Waals surface area contributed by atoms with Gasteiger partial charge in [-0.2, -0.15) is 0 Å². The Kier molecular flexibility index (Phi) is 4.40. The number of benzene rings is 1. The molecule has 0 amide bonds. The zero-order chi connectivity index (χ0) is 19.5. The second-order valence-corrected chi connectivity index (χ2v) is 9.07. The molecule has 6 nitrogen and oxygen atoms in total.